The molecule has 5 nitrogen and oxygen atoms in total. The molecule has 1 aromatic carbocycles. The van der Waals surface area contributed by atoms with E-state index in [9.17, 15) is 23.1 Å². The molecule has 0 bridgehead atoms. The first-order valence-corrected chi connectivity index (χ1v) is 9.64. The minimum atomic E-state index is -4.60. The van der Waals surface area contributed by atoms with Crippen LogP contribution in [-0.2, 0) is 6.18 Å². The zero-order chi connectivity index (χ0) is 21.7. The Kier molecular flexibility index (Phi) is 6.63. The molecule has 1 fully saturated rings. The van der Waals surface area contributed by atoms with Crippen LogP contribution < -0.4 is 9.80 Å². The molecule has 1 aromatic heterocycles. The van der Waals surface area contributed by atoms with Gasteiger partial charge in [0, 0.05) is 49.2 Å². The highest BCUT2D eigenvalue weighted by atomic mass is 19.4. The van der Waals surface area contributed by atoms with Crippen LogP contribution in [0.3, 0.4) is 0 Å². The van der Waals surface area contributed by atoms with Gasteiger partial charge < -0.3 is 14.9 Å². The van der Waals surface area contributed by atoms with Crippen molar-refractivity contribution in [3.05, 3.63) is 53.2 Å². The highest BCUT2D eigenvalue weighted by Crippen LogP contribution is 2.39. The molecule has 1 aliphatic heterocycles. The lowest BCUT2D eigenvalue weighted by Crippen LogP contribution is -2.47. The van der Waals surface area contributed by atoms with Gasteiger partial charge in [-0.25, -0.2) is 4.98 Å². The van der Waals surface area contributed by atoms with Crippen LogP contribution in [0.4, 0.5) is 24.7 Å². The van der Waals surface area contributed by atoms with E-state index in [4.69, 9.17) is 0 Å². The molecule has 1 saturated heterocycles. The number of nitrogens with zero attached hydrogens (tertiary/aromatic N) is 3. The molecule has 30 heavy (non-hydrogen) atoms. The highest BCUT2D eigenvalue weighted by molar-refractivity contribution is 5.81. The van der Waals surface area contributed by atoms with E-state index in [1.54, 1.807) is 17.2 Å². The first-order valence-electron chi connectivity index (χ1n) is 9.64. The second kappa shape index (κ2) is 9.18. The SMILES string of the molecule is CCC(O)C#Cc1ccc(N2CCN(c3cccc(C=O)c3C(F)(F)F)CC2)nc1. The van der Waals surface area contributed by atoms with E-state index in [-0.39, 0.29) is 17.5 Å². The minimum absolute atomic E-state index is 0.0276. The number of aliphatic hydroxyl groups is 1. The van der Waals surface area contributed by atoms with Crippen LogP contribution in [0.5, 0.6) is 0 Å². The van der Waals surface area contributed by atoms with Gasteiger partial charge >= 0.3 is 6.18 Å². The molecule has 8 heteroatoms. The molecule has 3 rings (SSSR count). The Hall–Kier alpha value is -3.05. The van der Waals surface area contributed by atoms with Gasteiger partial charge in [-0.15, -0.1) is 0 Å². The Balaban J connectivity index is 1.71. The molecule has 1 N–H and O–H groups in total. The lowest BCUT2D eigenvalue weighted by Gasteiger charge is -2.37. The van der Waals surface area contributed by atoms with Gasteiger partial charge in [-0.3, -0.25) is 4.79 Å². The zero-order valence-corrected chi connectivity index (χ0v) is 16.5. The number of alkyl halides is 3. The third kappa shape index (κ3) is 4.92. The van der Waals surface area contributed by atoms with E-state index in [2.05, 4.69) is 16.8 Å². The van der Waals surface area contributed by atoms with Crippen LogP contribution in [0.2, 0.25) is 0 Å². The molecular formula is C22H22F3N3O2. The molecule has 2 heterocycles. The van der Waals surface area contributed by atoms with Crippen LogP contribution in [0.25, 0.3) is 0 Å². The number of rotatable bonds is 4. The van der Waals surface area contributed by atoms with Crippen LogP contribution in [0.15, 0.2) is 36.5 Å². The molecule has 0 amide bonds. The molecule has 158 valence electrons. The van der Waals surface area contributed by atoms with Crippen LogP contribution in [0.1, 0.15) is 34.8 Å². The number of hydrogen-bond acceptors (Lipinski definition) is 5. The lowest BCUT2D eigenvalue weighted by molar-refractivity contribution is -0.137. The Labute approximate surface area is 173 Å². The predicted molar refractivity (Wildman–Crippen MR) is 109 cm³/mol. The second-order valence-corrected chi connectivity index (χ2v) is 6.93. The van der Waals surface area contributed by atoms with Crippen molar-refractivity contribution < 1.29 is 23.1 Å². The maximum atomic E-state index is 13.5. The third-order valence-electron chi connectivity index (χ3n) is 4.95. The summed E-state index contributed by atoms with van der Waals surface area (Å²) in [6.45, 7) is 3.58. The van der Waals surface area contributed by atoms with Crippen molar-refractivity contribution in [3.8, 4) is 11.8 Å². The number of benzene rings is 1. The number of carbonyl (C=O) groups excluding carboxylic acids is 1. The van der Waals surface area contributed by atoms with Crippen molar-refractivity contribution in [1.82, 2.24) is 4.98 Å². The maximum Gasteiger partial charge on any atom is 0.419 e. The van der Waals surface area contributed by atoms with Crippen molar-refractivity contribution >= 4 is 17.8 Å². The molecular weight excluding hydrogens is 395 g/mol. The summed E-state index contributed by atoms with van der Waals surface area (Å²) in [6.07, 6.45) is -2.86. The average molecular weight is 417 g/mol. The number of anilines is 2. The topological polar surface area (TPSA) is 56.7 Å². The Bertz CT molecular complexity index is 941. The Morgan fingerprint density at radius 2 is 1.87 bits per heavy atom. The van der Waals surface area contributed by atoms with Gasteiger partial charge in [-0.05, 0) is 24.6 Å². The number of pyridine rings is 1. The fourth-order valence-electron chi connectivity index (χ4n) is 3.32. The highest BCUT2D eigenvalue weighted by Gasteiger charge is 2.38. The van der Waals surface area contributed by atoms with Gasteiger partial charge in [0.1, 0.15) is 11.9 Å². The molecule has 0 radical (unpaired) electrons. The molecule has 0 saturated carbocycles. The number of aromatic nitrogens is 1. The van der Waals surface area contributed by atoms with Gasteiger partial charge in [0.05, 0.1) is 5.56 Å². The molecule has 1 aliphatic rings. The van der Waals surface area contributed by atoms with Gasteiger partial charge in [0.2, 0.25) is 0 Å². The standard InChI is InChI=1S/C22H22F3N3O2/c1-2-18(30)8-6-16-7-9-20(26-14-16)28-12-10-27(11-13-28)19-5-3-4-17(15-29)21(19)22(23,24)25/h3-5,7,9,14-15,18,30H,2,10-13H2,1H3. The first-order chi connectivity index (χ1) is 14.3. The minimum Gasteiger partial charge on any atom is -0.380 e. The smallest absolute Gasteiger partial charge is 0.380 e. The second-order valence-electron chi connectivity index (χ2n) is 6.93. The summed E-state index contributed by atoms with van der Waals surface area (Å²) in [4.78, 5) is 19.1. The molecule has 1 atom stereocenters. The van der Waals surface area contributed by atoms with Crippen molar-refractivity contribution in [2.24, 2.45) is 0 Å². The van der Waals surface area contributed by atoms with Gasteiger partial charge in [0.25, 0.3) is 0 Å². The van der Waals surface area contributed by atoms with E-state index >= 15 is 0 Å². The monoisotopic (exact) mass is 417 g/mol. The van der Waals surface area contributed by atoms with E-state index < -0.39 is 17.8 Å². The quantitative estimate of drug-likeness (QED) is 0.611. The molecule has 0 aliphatic carbocycles. The van der Waals surface area contributed by atoms with Crippen molar-refractivity contribution in [2.75, 3.05) is 36.0 Å². The van der Waals surface area contributed by atoms with Crippen molar-refractivity contribution in [1.29, 1.82) is 0 Å². The summed E-state index contributed by atoms with van der Waals surface area (Å²) < 4.78 is 40.6. The Morgan fingerprint density at radius 1 is 1.17 bits per heavy atom. The summed E-state index contributed by atoms with van der Waals surface area (Å²) in [6, 6.07) is 7.68. The van der Waals surface area contributed by atoms with Crippen molar-refractivity contribution in [3.63, 3.8) is 0 Å². The van der Waals surface area contributed by atoms with Crippen LogP contribution >= 0.6 is 0 Å². The van der Waals surface area contributed by atoms with Crippen LogP contribution in [-0.4, -0.2) is 48.7 Å². The lowest BCUT2D eigenvalue weighted by atomic mass is 10.0. The summed E-state index contributed by atoms with van der Waals surface area (Å²) >= 11 is 0. The molecule has 0 spiro atoms. The van der Waals surface area contributed by atoms with E-state index in [0.717, 1.165) is 0 Å². The average Bonchev–Trinajstić information content (AvgIpc) is 2.76. The normalized spacial score (nSPS) is 15.4. The van der Waals surface area contributed by atoms with E-state index in [1.807, 2.05) is 17.9 Å². The third-order valence-corrected chi connectivity index (χ3v) is 4.95. The summed E-state index contributed by atoms with van der Waals surface area (Å²) in [5, 5.41) is 9.50. The predicted octanol–water partition coefficient (Wildman–Crippen LogP) is 3.36. The number of aldehydes is 1. The number of halogens is 3. The number of carbonyl (C=O) groups is 1. The van der Waals surface area contributed by atoms with Crippen molar-refractivity contribution in [2.45, 2.75) is 25.6 Å². The fraction of sp³-hybridized carbons (Fsp3) is 0.364. The summed E-state index contributed by atoms with van der Waals surface area (Å²) in [5.74, 6) is 6.30. The summed E-state index contributed by atoms with van der Waals surface area (Å²) in [5.41, 5.74) is -0.525. The fourth-order valence-corrected chi connectivity index (χ4v) is 3.32. The first kappa shape index (κ1) is 21.7. The Morgan fingerprint density at radius 3 is 2.43 bits per heavy atom. The largest absolute Gasteiger partial charge is 0.419 e. The van der Waals surface area contributed by atoms with Crippen LogP contribution in [0, 0.1) is 11.8 Å². The number of aliphatic hydroxyl groups excluding tert-OH is 1. The van der Waals surface area contributed by atoms with E-state index in [0.29, 0.717) is 44.0 Å². The van der Waals surface area contributed by atoms with Gasteiger partial charge in [-0.2, -0.15) is 13.2 Å². The zero-order valence-electron chi connectivity index (χ0n) is 16.5. The van der Waals surface area contributed by atoms with Gasteiger partial charge in [-0.1, -0.05) is 30.9 Å². The molecule has 1 unspecified atom stereocenters. The number of hydrogen-bond donors (Lipinski definition) is 1. The number of piperazine rings is 1. The maximum absolute atomic E-state index is 13.5. The van der Waals surface area contributed by atoms with E-state index in [1.165, 1.54) is 18.2 Å². The molecule has 2 aromatic rings. The summed E-state index contributed by atoms with van der Waals surface area (Å²) in [7, 11) is 0. The van der Waals surface area contributed by atoms with Gasteiger partial charge in [0.15, 0.2) is 6.29 Å².